The fourth-order valence-corrected chi connectivity index (χ4v) is 1.18. The Labute approximate surface area is 83.3 Å². The number of ether oxygens (including phenoxy) is 2. The lowest BCUT2D eigenvalue weighted by Gasteiger charge is -2.12. The number of rotatable bonds is 3. The number of phenols is 1. The lowest BCUT2D eigenvalue weighted by atomic mass is 10.1. The predicted molar refractivity (Wildman–Crippen MR) is 53.8 cm³/mol. The quantitative estimate of drug-likeness (QED) is 0.769. The summed E-state index contributed by atoms with van der Waals surface area (Å²) in [4.78, 5) is 0. The largest absolute Gasteiger partial charge is 0.502 e. The fraction of sp³-hybridized carbons (Fsp3) is 0.400. The molecule has 0 aliphatic heterocycles. The van der Waals surface area contributed by atoms with E-state index in [1.165, 1.54) is 14.2 Å². The molecule has 0 spiro atoms. The number of benzene rings is 1. The van der Waals surface area contributed by atoms with Gasteiger partial charge >= 0.3 is 0 Å². The number of methoxy groups -OCH3 is 2. The number of hydrogen-bond acceptors (Lipinski definition) is 4. The van der Waals surface area contributed by atoms with Gasteiger partial charge in [0.15, 0.2) is 11.5 Å². The van der Waals surface area contributed by atoms with E-state index in [1.807, 2.05) is 6.92 Å². The molecule has 0 amide bonds. The molecule has 0 saturated carbocycles. The molecule has 14 heavy (non-hydrogen) atoms. The molecule has 1 rings (SSSR count). The summed E-state index contributed by atoms with van der Waals surface area (Å²) in [5.41, 5.74) is 6.58. The van der Waals surface area contributed by atoms with Gasteiger partial charge in [0.1, 0.15) is 0 Å². The summed E-state index contributed by atoms with van der Waals surface area (Å²) >= 11 is 0. The van der Waals surface area contributed by atoms with Crippen LogP contribution < -0.4 is 15.2 Å². The van der Waals surface area contributed by atoms with Crippen LogP contribution in [0.5, 0.6) is 17.2 Å². The third-order valence-corrected chi connectivity index (χ3v) is 2.03. The molecule has 0 fully saturated rings. The summed E-state index contributed by atoms with van der Waals surface area (Å²) in [6, 6.07) is 3.27. The average Bonchev–Trinajstić information content (AvgIpc) is 2.17. The molecular formula is C10H15NO3. The first-order valence-corrected chi connectivity index (χ1v) is 4.30. The molecule has 0 heterocycles. The Morgan fingerprint density at radius 1 is 1.21 bits per heavy atom. The van der Waals surface area contributed by atoms with Gasteiger partial charge in [0.05, 0.1) is 14.2 Å². The van der Waals surface area contributed by atoms with E-state index in [-0.39, 0.29) is 11.8 Å². The monoisotopic (exact) mass is 197 g/mol. The van der Waals surface area contributed by atoms with Crippen molar-refractivity contribution in [1.82, 2.24) is 0 Å². The van der Waals surface area contributed by atoms with E-state index in [0.29, 0.717) is 11.5 Å². The topological polar surface area (TPSA) is 64.7 Å². The van der Waals surface area contributed by atoms with Crippen molar-refractivity contribution in [3.05, 3.63) is 17.7 Å². The van der Waals surface area contributed by atoms with Gasteiger partial charge in [0.2, 0.25) is 5.75 Å². The zero-order valence-corrected chi connectivity index (χ0v) is 8.57. The first-order chi connectivity index (χ1) is 6.60. The molecule has 1 aromatic rings. The molecular weight excluding hydrogens is 182 g/mol. The van der Waals surface area contributed by atoms with Crippen molar-refractivity contribution in [3.8, 4) is 17.2 Å². The van der Waals surface area contributed by atoms with Crippen molar-refractivity contribution in [2.75, 3.05) is 14.2 Å². The molecule has 0 aliphatic rings. The average molecular weight is 197 g/mol. The Morgan fingerprint density at radius 2 is 1.64 bits per heavy atom. The third kappa shape index (κ3) is 1.90. The van der Waals surface area contributed by atoms with Gasteiger partial charge in [0.25, 0.3) is 0 Å². The third-order valence-electron chi connectivity index (χ3n) is 2.03. The zero-order valence-electron chi connectivity index (χ0n) is 8.57. The van der Waals surface area contributed by atoms with Crippen molar-refractivity contribution in [2.24, 2.45) is 5.73 Å². The highest BCUT2D eigenvalue weighted by molar-refractivity contribution is 5.53. The van der Waals surface area contributed by atoms with Crippen molar-refractivity contribution in [3.63, 3.8) is 0 Å². The van der Waals surface area contributed by atoms with E-state index in [0.717, 1.165) is 5.56 Å². The molecule has 4 heteroatoms. The Morgan fingerprint density at radius 3 is 1.93 bits per heavy atom. The van der Waals surface area contributed by atoms with Crippen LogP contribution in [0.15, 0.2) is 12.1 Å². The predicted octanol–water partition coefficient (Wildman–Crippen LogP) is 1.43. The maximum Gasteiger partial charge on any atom is 0.200 e. The highest BCUT2D eigenvalue weighted by Crippen LogP contribution is 2.38. The van der Waals surface area contributed by atoms with Gasteiger partial charge in [-0.05, 0) is 24.6 Å². The summed E-state index contributed by atoms with van der Waals surface area (Å²) in [6.45, 7) is 1.85. The Bertz CT molecular complexity index is 298. The first kappa shape index (κ1) is 10.7. The maximum absolute atomic E-state index is 9.60. The normalized spacial score (nSPS) is 12.3. The SMILES string of the molecule is COc1cc([C@H](C)N)cc(OC)c1O. The van der Waals surface area contributed by atoms with Gasteiger partial charge in [-0.2, -0.15) is 0 Å². The van der Waals surface area contributed by atoms with Gasteiger partial charge in [-0.15, -0.1) is 0 Å². The lowest BCUT2D eigenvalue weighted by Crippen LogP contribution is -2.05. The molecule has 4 nitrogen and oxygen atoms in total. The number of phenolic OH excluding ortho intramolecular Hbond substituents is 1. The molecule has 0 aromatic heterocycles. The highest BCUT2D eigenvalue weighted by Gasteiger charge is 2.12. The molecule has 3 N–H and O–H groups in total. The minimum absolute atomic E-state index is 0.000556. The van der Waals surface area contributed by atoms with Crippen molar-refractivity contribution < 1.29 is 14.6 Å². The maximum atomic E-state index is 9.60. The second-order valence-electron chi connectivity index (χ2n) is 3.06. The Balaban J connectivity index is 3.25. The van der Waals surface area contributed by atoms with Crippen LogP contribution in [-0.4, -0.2) is 19.3 Å². The molecule has 1 aromatic carbocycles. The molecule has 0 bridgehead atoms. The fourth-order valence-electron chi connectivity index (χ4n) is 1.18. The molecule has 1 atom stereocenters. The number of nitrogens with two attached hydrogens (primary N) is 1. The summed E-state index contributed by atoms with van der Waals surface area (Å²) in [6.07, 6.45) is 0. The van der Waals surface area contributed by atoms with E-state index < -0.39 is 0 Å². The Kier molecular flexibility index (Phi) is 3.19. The summed E-state index contributed by atoms with van der Waals surface area (Å²) < 4.78 is 9.99. The van der Waals surface area contributed by atoms with Crippen molar-refractivity contribution in [2.45, 2.75) is 13.0 Å². The van der Waals surface area contributed by atoms with E-state index in [9.17, 15) is 5.11 Å². The van der Waals surface area contributed by atoms with Crippen LogP contribution >= 0.6 is 0 Å². The second-order valence-corrected chi connectivity index (χ2v) is 3.06. The zero-order chi connectivity index (χ0) is 10.7. The minimum atomic E-state index is -0.126. The summed E-state index contributed by atoms with van der Waals surface area (Å²) in [7, 11) is 2.97. The minimum Gasteiger partial charge on any atom is -0.502 e. The van der Waals surface area contributed by atoms with Gasteiger partial charge < -0.3 is 20.3 Å². The van der Waals surface area contributed by atoms with E-state index in [2.05, 4.69) is 0 Å². The van der Waals surface area contributed by atoms with Crippen LogP contribution in [0.4, 0.5) is 0 Å². The lowest BCUT2D eigenvalue weighted by molar-refractivity contribution is 0.339. The first-order valence-electron chi connectivity index (χ1n) is 4.30. The van der Waals surface area contributed by atoms with Crippen LogP contribution in [0.2, 0.25) is 0 Å². The van der Waals surface area contributed by atoms with Gasteiger partial charge in [-0.3, -0.25) is 0 Å². The van der Waals surface area contributed by atoms with Crippen LogP contribution in [0.1, 0.15) is 18.5 Å². The number of hydrogen-bond donors (Lipinski definition) is 2. The highest BCUT2D eigenvalue weighted by atomic mass is 16.5. The van der Waals surface area contributed by atoms with Gasteiger partial charge in [-0.1, -0.05) is 0 Å². The van der Waals surface area contributed by atoms with Crippen molar-refractivity contribution in [1.29, 1.82) is 0 Å². The number of aromatic hydroxyl groups is 1. The summed E-state index contributed by atoms with van der Waals surface area (Å²) in [5, 5.41) is 9.60. The van der Waals surface area contributed by atoms with E-state index in [1.54, 1.807) is 12.1 Å². The second kappa shape index (κ2) is 4.19. The van der Waals surface area contributed by atoms with Crippen LogP contribution in [-0.2, 0) is 0 Å². The van der Waals surface area contributed by atoms with Gasteiger partial charge in [-0.25, -0.2) is 0 Å². The molecule has 78 valence electrons. The van der Waals surface area contributed by atoms with Crippen molar-refractivity contribution >= 4 is 0 Å². The van der Waals surface area contributed by atoms with E-state index >= 15 is 0 Å². The van der Waals surface area contributed by atoms with E-state index in [4.69, 9.17) is 15.2 Å². The smallest absolute Gasteiger partial charge is 0.200 e. The molecule has 0 saturated heterocycles. The molecule has 0 aliphatic carbocycles. The molecule has 0 radical (unpaired) electrons. The van der Waals surface area contributed by atoms with Gasteiger partial charge in [0, 0.05) is 6.04 Å². The van der Waals surface area contributed by atoms with Crippen LogP contribution in [0.3, 0.4) is 0 Å². The van der Waals surface area contributed by atoms with Crippen LogP contribution in [0.25, 0.3) is 0 Å². The van der Waals surface area contributed by atoms with Crippen LogP contribution in [0, 0.1) is 0 Å². The standard InChI is InChI=1S/C10H15NO3/c1-6(11)7-4-8(13-2)10(12)9(5-7)14-3/h4-6,12H,11H2,1-3H3/t6-/m0/s1. The molecule has 0 unspecified atom stereocenters. The summed E-state index contributed by atoms with van der Waals surface area (Å²) in [5.74, 6) is 0.743. The Hall–Kier alpha value is -1.42.